The van der Waals surface area contributed by atoms with E-state index < -0.39 is 6.10 Å². The summed E-state index contributed by atoms with van der Waals surface area (Å²) in [6, 6.07) is 7.13. The van der Waals surface area contributed by atoms with Gasteiger partial charge in [0.25, 0.3) is 0 Å². The van der Waals surface area contributed by atoms with E-state index in [-0.39, 0.29) is 23.2 Å². The summed E-state index contributed by atoms with van der Waals surface area (Å²) in [5.74, 6) is -0.232. The zero-order valence-electron chi connectivity index (χ0n) is 12.2. The van der Waals surface area contributed by atoms with Crippen LogP contribution in [0.15, 0.2) is 59.1 Å². The van der Waals surface area contributed by atoms with Gasteiger partial charge in [-0.15, -0.1) is 0 Å². The van der Waals surface area contributed by atoms with Crippen LogP contribution in [0.4, 0.5) is 0 Å². The van der Waals surface area contributed by atoms with Gasteiger partial charge >= 0.3 is 0 Å². The third-order valence-corrected chi connectivity index (χ3v) is 4.47. The summed E-state index contributed by atoms with van der Waals surface area (Å²) in [6.45, 7) is 0. The topological polar surface area (TPSA) is 80.9 Å². The van der Waals surface area contributed by atoms with Gasteiger partial charge in [0.2, 0.25) is 0 Å². The van der Waals surface area contributed by atoms with Gasteiger partial charge in [0, 0.05) is 11.5 Å². The Hall–Kier alpha value is -2.20. The monoisotopic (exact) mass is 300 g/mol. The van der Waals surface area contributed by atoms with Crippen molar-refractivity contribution < 1.29 is 20.4 Å². The predicted molar refractivity (Wildman–Crippen MR) is 83.8 cm³/mol. The maximum Gasteiger partial charge on any atom is 0.167 e. The number of phenolic OH excluding ortho intramolecular Hbond substituents is 1. The van der Waals surface area contributed by atoms with Crippen LogP contribution in [0.1, 0.15) is 37.2 Å². The van der Waals surface area contributed by atoms with E-state index in [0.717, 1.165) is 36.8 Å². The van der Waals surface area contributed by atoms with Crippen LogP contribution < -0.4 is 0 Å². The molecule has 2 aliphatic rings. The van der Waals surface area contributed by atoms with Crippen molar-refractivity contribution in [3.63, 3.8) is 0 Å². The number of allylic oxidation sites excluding steroid dienone is 2. The molecule has 4 N–H and O–H groups in total. The van der Waals surface area contributed by atoms with E-state index in [4.69, 9.17) is 0 Å². The van der Waals surface area contributed by atoms with Crippen LogP contribution in [0.2, 0.25) is 0 Å². The minimum Gasteiger partial charge on any atom is -0.508 e. The van der Waals surface area contributed by atoms with Crippen molar-refractivity contribution in [2.24, 2.45) is 0 Å². The number of rotatable bonds is 1. The van der Waals surface area contributed by atoms with E-state index in [1.165, 1.54) is 6.08 Å². The van der Waals surface area contributed by atoms with E-state index in [9.17, 15) is 20.4 Å². The first-order chi connectivity index (χ1) is 10.6. The van der Waals surface area contributed by atoms with E-state index in [0.29, 0.717) is 5.57 Å². The number of phenols is 1. The molecule has 1 saturated carbocycles. The van der Waals surface area contributed by atoms with Gasteiger partial charge in [-0.3, -0.25) is 0 Å². The second-order valence-electron chi connectivity index (χ2n) is 5.87. The van der Waals surface area contributed by atoms with Crippen LogP contribution in [-0.2, 0) is 0 Å². The average molecular weight is 300 g/mol. The van der Waals surface area contributed by atoms with Crippen LogP contribution in [-0.4, -0.2) is 26.5 Å². The van der Waals surface area contributed by atoms with Gasteiger partial charge in [-0.2, -0.15) is 0 Å². The molecule has 1 aromatic carbocycles. The fourth-order valence-electron chi connectivity index (χ4n) is 3.30. The highest BCUT2D eigenvalue weighted by molar-refractivity contribution is 5.49. The normalized spacial score (nSPS) is 29.0. The lowest BCUT2D eigenvalue weighted by molar-refractivity contribution is 0.174. The second-order valence-corrected chi connectivity index (χ2v) is 5.87. The predicted octanol–water partition coefficient (Wildman–Crippen LogP) is 3.60. The second kappa shape index (κ2) is 5.89. The van der Waals surface area contributed by atoms with E-state index in [1.807, 2.05) is 12.1 Å². The van der Waals surface area contributed by atoms with Crippen molar-refractivity contribution in [2.75, 3.05) is 0 Å². The summed E-state index contributed by atoms with van der Waals surface area (Å²) in [7, 11) is 0. The number of aliphatic hydroxyl groups excluding tert-OH is 3. The molecule has 0 aliphatic heterocycles. The highest BCUT2D eigenvalue weighted by Crippen LogP contribution is 2.42. The Morgan fingerprint density at radius 3 is 2.41 bits per heavy atom. The minimum atomic E-state index is -1.14. The Morgan fingerprint density at radius 1 is 0.955 bits per heavy atom. The molecule has 0 heterocycles. The standard InChI is InChI=1S/C18H20O4/c19-12-7-5-11(6-8-12)13-3-1-2-4-14(13)15-9-10-16(20)18(22)17(15)21/h5-10,13,16,19-22H,1-4H2/b15-14+. The molecule has 116 valence electrons. The molecule has 1 aromatic rings. The first-order valence-corrected chi connectivity index (χ1v) is 7.58. The molecule has 2 atom stereocenters. The Bertz CT molecular complexity index is 652. The number of aliphatic hydroxyl groups is 3. The smallest absolute Gasteiger partial charge is 0.167 e. The first-order valence-electron chi connectivity index (χ1n) is 7.58. The van der Waals surface area contributed by atoms with Gasteiger partial charge in [0.15, 0.2) is 11.5 Å². The third kappa shape index (κ3) is 2.62. The summed E-state index contributed by atoms with van der Waals surface area (Å²) in [5, 5.41) is 39.0. The van der Waals surface area contributed by atoms with E-state index in [1.54, 1.807) is 18.2 Å². The van der Waals surface area contributed by atoms with Crippen LogP contribution in [0.25, 0.3) is 0 Å². The maximum atomic E-state index is 10.2. The Kier molecular flexibility index (Phi) is 3.94. The average Bonchev–Trinajstić information content (AvgIpc) is 2.54. The number of benzene rings is 1. The third-order valence-electron chi connectivity index (χ3n) is 4.47. The number of hydrogen-bond donors (Lipinski definition) is 4. The highest BCUT2D eigenvalue weighted by atomic mass is 16.3. The molecule has 2 unspecified atom stereocenters. The van der Waals surface area contributed by atoms with Crippen LogP contribution in [0.5, 0.6) is 5.75 Å². The van der Waals surface area contributed by atoms with Crippen LogP contribution >= 0.6 is 0 Å². The van der Waals surface area contributed by atoms with Crippen molar-refractivity contribution in [3.05, 3.63) is 64.6 Å². The van der Waals surface area contributed by atoms with Gasteiger partial charge in [-0.25, -0.2) is 0 Å². The molecular formula is C18H20O4. The molecule has 0 spiro atoms. The lowest BCUT2D eigenvalue weighted by Gasteiger charge is -2.29. The van der Waals surface area contributed by atoms with Crippen molar-refractivity contribution in [3.8, 4) is 5.75 Å². The van der Waals surface area contributed by atoms with Crippen LogP contribution in [0, 0.1) is 0 Å². The minimum absolute atomic E-state index is 0.152. The van der Waals surface area contributed by atoms with Crippen molar-refractivity contribution in [2.45, 2.75) is 37.7 Å². The Morgan fingerprint density at radius 2 is 1.68 bits per heavy atom. The largest absolute Gasteiger partial charge is 0.508 e. The molecule has 4 nitrogen and oxygen atoms in total. The summed E-state index contributed by atoms with van der Waals surface area (Å²) in [5.41, 5.74) is 2.77. The van der Waals surface area contributed by atoms with Gasteiger partial charge in [0.05, 0.1) is 0 Å². The SMILES string of the molecule is OC1=C(O)C(O)C=C/C1=C1/CCCCC1c1ccc(O)cc1. The van der Waals surface area contributed by atoms with Gasteiger partial charge < -0.3 is 20.4 Å². The molecule has 0 saturated heterocycles. The molecule has 0 radical (unpaired) electrons. The molecule has 4 heteroatoms. The highest BCUT2D eigenvalue weighted by Gasteiger charge is 2.28. The molecule has 22 heavy (non-hydrogen) atoms. The zero-order valence-corrected chi connectivity index (χ0v) is 12.2. The maximum absolute atomic E-state index is 10.2. The fraction of sp³-hybridized carbons (Fsp3) is 0.333. The van der Waals surface area contributed by atoms with E-state index in [2.05, 4.69) is 0 Å². The van der Waals surface area contributed by atoms with Gasteiger partial charge in [-0.1, -0.05) is 30.2 Å². The summed E-state index contributed by atoms with van der Waals surface area (Å²) >= 11 is 0. The summed E-state index contributed by atoms with van der Waals surface area (Å²) in [4.78, 5) is 0. The summed E-state index contributed by atoms with van der Waals surface area (Å²) in [6.07, 6.45) is 5.99. The van der Waals surface area contributed by atoms with Gasteiger partial charge in [-0.05, 0) is 43.0 Å². The van der Waals surface area contributed by atoms with Crippen molar-refractivity contribution in [1.29, 1.82) is 0 Å². The first kappa shape index (κ1) is 14.7. The van der Waals surface area contributed by atoms with E-state index >= 15 is 0 Å². The van der Waals surface area contributed by atoms with Crippen molar-refractivity contribution in [1.82, 2.24) is 0 Å². The van der Waals surface area contributed by atoms with Crippen LogP contribution in [0.3, 0.4) is 0 Å². The fourth-order valence-corrected chi connectivity index (χ4v) is 3.30. The van der Waals surface area contributed by atoms with Crippen molar-refractivity contribution >= 4 is 0 Å². The molecule has 3 rings (SSSR count). The molecule has 0 amide bonds. The molecular weight excluding hydrogens is 280 g/mol. The molecule has 0 bridgehead atoms. The molecule has 2 aliphatic carbocycles. The lowest BCUT2D eigenvalue weighted by atomic mass is 9.76. The number of aromatic hydroxyl groups is 1. The molecule has 0 aromatic heterocycles. The molecule has 1 fully saturated rings. The lowest BCUT2D eigenvalue weighted by Crippen LogP contribution is -2.17. The van der Waals surface area contributed by atoms with Gasteiger partial charge in [0.1, 0.15) is 11.9 Å². The summed E-state index contributed by atoms with van der Waals surface area (Å²) < 4.78 is 0. The Labute approximate surface area is 129 Å². The zero-order chi connectivity index (χ0) is 15.7. The quantitative estimate of drug-likeness (QED) is 0.639. The number of hydrogen-bond acceptors (Lipinski definition) is 4. The Balaban J connectivity index is 2.05.